The maximum absolute atomic E-state index is 10.9. The van der Waals surface area contributed by atoms with Crippen LogP contribution in [0.4, 0.5) is 5.69 Å². The molecule has 0 spiro atoms. The lowest BCUT2D eigenvalue weighted by atomic mass is 9.88. The van der Waals surface area contributed by atoms with Crippen LogP contribution in [0.3, 0.4) is 0 Å². The number of rotatable bonds is 6. The van der Waals surface area contributed by atoms with Gasteiger partial charge in [0, 0.05) is 43.2 Å². The standard InChI is InChI=1S/C20H27N5O2S.HI/c1-21-20(22-13-15-6-3-8-17(12-15)25(26)27)23-14-16-7-4-10-24(2)19(16)18-9-5-11-28-18;/h3,5-6,8-9,11-12,16,19H,4,7,10,13-14H2,1-2H3,(H2,21,22,23);1H. The Bertz CT molecular complexity index is 815. The van der Waals surface area contributed by atoms with E-state index in [0.29, 0.717) is 24.5 Å². The number of guanidine groups is 1. The molecule has 0 radical (unpaired) electrons. The molecule has 1 aromatic heterocycles. The molecule has 2 N–H and O–H groups in total. The van der Waals surface area contributed by atoms with E-state index in [1.54, 1.807) is 19.2 Å². The van der Waals surface area contributed by atoms with E-state index < -0.39 is 0 Å². The zero-order valence-corrected chi connectivity index (χ0v) is 19.9. The highest BCUT2D eigenvalue weighted by Crippen LogP contribution is 2.36. The monoisotopic (exact) mass is 529 g/mol. The average molecular weight is 529 g/mol. The summed E-state index contributed by atoms with van der Waals surface area (Å²) in [5.41, 5.74) is 0.956. The molecule has 0 bridgehead atoms. The maximum atomic E-state index is 10.9. The molecule has 0 aliphatic carbocycles. The SMILES string of the molecule is CN=C(NCc1cccc([N+](=O)[O-])c1)NCC1CCCN(C)C1c1cccs1.I. The number of nitrogens with zero attached hydrogens (tertiary/aromatic N) is 3. The summed E-state index contributed by atoms with van der Waals surface area (Å²) in [6.45, 7) is 2.45. The Kier molecular flexibility index (Phi) is 9.31. The van der Waals surface area contributed by atoms with Gasteiger partial charge in [0.25, 0.3) is 5.69 Å². The molecule has 2 heterocycles. The number of nitro benzene ring substituents is 1. The van der Waals surface area contributed by atoms with E-state index in [1.165, 1.54) is 23.8 Å². The zero-order chi connectivity index (χ0) is 19.9. The Labute approximate surface area is 192 Å². The Balaban J connectivity index is 0.00000300. The van der Waals surface area contributed by atoms with Crippen molar-refractivity contribution in [2.24, 2.45) is 10.9 Å². The molecule has 1 aliphatic heterocycles. The summed E-state index contributed by atoms with van der Waals surface area (Å²) in [4.78, 5) is 18.7. The number of hydrogen-bond acceptors (Lipinski definition) is 5. The fourth-order valence-corrected chi connectivity index (χ4v) is 4.78. The lowest BCUT2D eigenvalue weighted by Gasteiger charge is -2.39. The molecule has 2 aromatic rings. The summed E-state index contributed by atoms with van der Waals surface area (Å²) in [6, 6.07) is 11.4. The van der Waals surface area contributed by atoms with Gasteiger partial charge in [0.2, 0.25) is 0 Å². The van der Waals surface area contributed by atoms with Gasteiger partial charge in [-0.1, -0.05) is 18.2 Å². The molecular weight excluding hydrogens is 501 g/mol. The van der Waals surface area contributed by atoms with Crippen LogP contribution in [-0.2, 0) is 6.54 Å². The van der Waals surface area contributed by atoms with Crippen molar-refractivity contribution in [3.63, 3.8) is 0 Å². The van der Waals surface area contributed by atoms with Crippen molar-refractivity contribution >= 4 is 47.0 Å². The number of halogens is 1. The highest BCUT2D eigenvalue weighted by Gasteiger charge is 2.31. The van der Waals surface area contributed by atoms with Crippen LogP contribution in [0.1, 0.15) is 29.3 Å². The summed E-state index contributed by atoms with van der Waals surface area (Å²) in [6.07, 6.45) is 2.38. The highest BCUT2D eigenvalue weighted by atomic mass is 127. The lowest BCUT2D eigenvalue weighted by Crippen LogP contribution is -2.44. The summed E-state index contributed by atoms with van der Waals surface area (Å²) >= 11 is 1.82. The van der Waals surface area contributed by atoms with Crippen LogP contribution in [-0.4, -0.2) is 43.0 Å². The van der Waals surface area contributed by atoms with E-state index in [9.17, 15) is 10.1 Å². The molecule has 7 nitrogen and oxygen atoms in total. The average Bonchev–Trinajstić information content (AvgIpc) is 3.22. The fourth-order valence-electron chi connectivity index (χ4n) is 3.80. The van der Waals surface area contributed by atoms with E-state index in [-0.39, 0.29) is 34.6 Å². The molecule has 1 aromatic carbocycles. The van der Waals surface area contributed by atoms with Gasteiger partial charge in [-0.2, -0.15) is 0 Å². The predicted molar refractivity (Wildman–Crippen MR) is 129 cm³/mol. The number of aliphatic imine (C=N–C) groups is 1. The topological polar surface area (TPSA) is 82.8 Å². The molecule has 3 rings (SSSR count). The first kappa shape index (κ1) is 23.6. The van der Waals surface area contributed by atoms with E-state index >= 15 is 0 Å². The molecule has 2 atom stereocenters. The van der Waals surface area contributed by atoms with Crippen molar-refractivity contribution in [3.05, 3.63) is 62.3 Å². The van der Waals surface area contributed by atoms with E-state index in [1.807, 2.05) is 17.4 Å². The van der Waals surface area contributed by atoms with Gasteiger partial charge in [0.15, 0.2) is 5.96 Å². The Morgan fingerprint density at radius 1 is 1.34 bits per heavy atom. The van der Waals surface area contributed by atoms with E-state index in [4.69, 9.17) is 0 Å². The van der Waals surface area contributed by atoms with Gasteiger partial charge in [-0.05, 0) is 49.4 Å². The van der Waals surface area contributed by atoms with Crippen LogP contribution in [0.15, 0.2) is 46.8 Å². The molecule has 0 amide bonds. The molecule has 2 unspecified atom stereocenters. The summed E-state index contributed by atoms with van der Waals surface area (Å²) in [7, 11) is 3.94. The summed E-state index contributed by atoms with van der Waals surface area (Å²) < 4.78 is 0. The lowest BCUT2D eigenvalue weighted by molar-refractivity contribution is -0.384. The zero-order valence-electron chi connectivity index (χ0n) is 16.7. The van der Waals surface area contributed by atoms with Gasteiger partial charge >= 0.3 is 0 Å². The smallest absolute Gasteiger partial charge is 0.269 e. The minimum absolute atomic E-state index is 0. The number of nitro groups is 1. The Morgan fingerprint density at radius 2 is 2.17 bits per heavy atom. The largest absolute Gasteiger partial charge is 0.356 e. The first-order chi connectivity index (χ1) is 13.6. The van der Waals surface area contributed by atoms with Crippen LogP contribution >= 0.6 is 35.3 Å². The van der Waals surface area contributed by atoms with Crippen molar-refractivity contribution < 1.29 is 4.92 Å². The molecule has 1 aliphatic rings. The van der Waals surface area contributed by atoms with Gasteiger partial charge in [0.05, 0.1) is 4.92 Å². The highest BCUT2D eigenvalue weighted by molar-refractivity contribution is 14.0. The third-order valence-electron chi connectivity index (χ3n) is 5.18. The Morgan fingerprint density at radius 3 is 2.86 bits per heavy atom. The van der Waals surface area contributed by atoms with Crippen molar-refractivity contribution in [1.82, 2.24) is 15.5 Å². The second-order valence-electron chi connectivity index (χ2n) is 7.08. The van der Waals surface area contributed by atoms with Crippen molar-refractivity contribution in [1.29, 1.82) is 0 Å². The number of hydrogen-bond donors (Lipinski definition) is 2. The Hall–Kier alpha value is -1.72. The number of likely N-dealkylation sites (tertiary alicyclic amines) is 1. The minimum atomic E-state index is -0.374. The molecule has 29 heavy (non-hydrogen) atoms. The maximum Gasteiger partial charge on any atom is 0.269 e. The number of benzene rings is 1. The number of nitrogens with one attached hydrogen (secondary N) is 2. The molecule has 1 fully saturated rings. The first-order valence-corrected chi connectivity index (χ1v) is 10.4. The predicted octanol–water partition coefficient (Wildman–Crippen LogP) is 4.02. The van der Waals surface area contributed by atoms with Crippen LogP contribution in [0.25, 0.3) is 0 Å². The third-order valence-corrected chi connectivity index (χ3v) is 6.12. The van der Waals surface area contributed by atoms with Crippen molar-refractivity contribution in [2.45, 2.75) is 25.4 Å². The van der Waals surface area contributed by atoms with Crippen LogP contribution in [0.5, 0.6) is 0 Å². The van der Waals surface area contributed by atoms with Gasteiger partial charge in [-0.3, -0.25) is 20.0 Å². The second kappa shape index (κ2) is 11.5. The molecule has 0 saturated carbocycles. The van der Waals surface area contributed by atoms with E-state index in [0.717, 1.165) is 18.7 Å². The van der Waals surface area contributed by atoms with Gasteiger partial charge in [-0.15, -0.1) is 35.3 Å². The van der Waals surface area contributed by atoms with Crippen molar-refractivity contribution in [3.8, 4) is 0 Å². The number of thiophene rings is 1. The number of piperidine rings is 1. The van der Waals surface area contributed by atoms with Crippen molar-refractivity contribution in [2.75, 3.05) is 27.2 Å². The summed E-state index contributed by atoms with van der Waals surface area (Å²) in [5.74, 6) is 1.22. The normalized spacial score (nSPS) is 20.0. The van der Waals surface area contributed by atoms with Crippen LogP contribution in [0, 0.1) is 16.0 Å². The molecular formula is C20H28IN5O2S. The van der Waals surface area contributed by atoms with Gasteiger partial charge in [-0.25, -0.2) is 0 Å². The molecule has 9 heteroatoms. The number of non-ortho nitro benzene ring substituents is 1. The van der Waals surface area contributed by atoms with Gasteiger partial charge in [0.1, 0.15) is 0 Å². The molecule has 1 saturated heterocycles. The van der Waals surface area contributed by atoms with Crippen LogP contribution in [0.2, 0.25) is 0 Å². The second-order valence-corrected chi connectivity index (χ2v) is 8.06. The first-order valence-electron chi connectivity index (χ1n) is 9.50. The summed E-state index contributed by atoms with van der Waals surface area (Å²) in [5, 5.41) is 19.8. The minimum Gasteiger partial charge on any atom is -0.356 e. The quantitative estimate of drug-likeness (QED) is 0.194. The fraction of sp³-hybridized carbons (Fsp3) is 0.450. The van der Waals surface area contributed by atoms with Crippen LogP contribution < -0.4 is 10.6 Å². The van der Waals surface area contributed by atoms with E-state index in [2.05, 4.69) is 45.1 Å². The van der Waals surface area contributed by atoms with Gasteiger partial charge < -0.3 is 10.6 Å². The molecule has 158 valence electrons. The third kappa shape index (κ3) is 6.38.